The van der Waals surface area contributed by atoms with E-state index in [1.165, 1.54) is 16.0 Å². The second-order valence-electron chi connectivity index (χ2n) is 8.61. The van der Waals surface area contributed by atoms with E-state index in [9.17, 15) is 14.7 Å². The van der Waals surface area contributed by atoms with Gasteiger partial charge in [-0.15, -0.1) is 0 Å². The standard InChI is InChI=1S/C24H29NO5/c1-14(10-15-5-7-17(26)8-6-15)4-9-20-21-16(12-29-3)11-18-22(19(21)13-30-20)24(28)25(2)23(18)27/h5-8,10,18-20,22,26H,4,9,11-13H2,1-3H3/b14-10+/t18-,19+,20-,22-/m1/s1. The van der Waals surface area contributed by atoms with Crippen molar-refractivity contribution in [2.75, 3.05) is 27.4 Å². The second kappa shape index (κ2) is 8.36. The van der Waals surface area contributed by atoms with Gasteiger partial charge >= 0.3 is 0 Å². The molecule has 0 bridgehead atoms. The lowest BCUT2D eigenvalue weighted by atomic mass is 9.69. The lowest BCUT2D eigenvalue weighted by Gasteiger charge is -2.31. The Morgan fingerprint density at radius 1 is 1.23 bits per heavy atom. The smallest absolute Gasteiger partial charge is 0.233 e. The van der Waals surface area contributed by atoms with Crippen molar-refractivity contribution in [2.24, 2.45) is 17.8 Å². The van der Waals surface area contributed by atoms with Crippen LogP contribution in [-0.2, 0) is 19.1 Å². The number of nitrogens with zero attached hydrogens (tertiary/aromatic N) is 1. The lowest BCUT2D eigenvalue weighted by molar-refractivity contribution is -0.138. The van der Waals surface area contributed by atoms with Gasteiger partial charge in [-0.2, -0.15) is 0 Å². The summed E-state index contributed by atoms with van der Waals surface area (Å²) in [5.41, 5.74) is 4.59. The topological polar surface area (TPSA) is 76.1 Å². The van der Waals surface area contributed by atoms with Gasteiger partial charge < -0.3 is 14.6 Å². The molecule has 2 amide bonds. The minimum atomic E-state index is -0.295. The maximum atomic E-state index is 12.7. The number of fused-ring (bicyclic) bond motifs is 3. The van der Waals surface area contributed by atoms with Crippen molar-refractivity contribution in [3.05, 3.63) is 46.5 Å². The molecule has 6 heteroatoms. The molecule has 4 atom stereocenters. The van der Waals surface area contributed by atoms with E-state index in [2.05, 4.69) is 13.0 Å². The zero-order chi connectivity index (χ0) is 21.4. The molecule has 1 aromatic carbocycles. The van der Waals surface area contributed by atoms with Gasteiger partial charge in [0.1, 0.15) is 5.75 Å². The molecule has 1 N–H and O–H groups in total. The van der Waals surface area contributed by atoms with Crippen LogP contribution >= 0.6 is 0 Å². The monoisotopic (exact) mass is 411 g/mol. The van der Waals surface area contributed by atoms with Crippen molar-refractivity contribution in [3.63, 3.8) is 0 Å². The number of aromatic hydroxyl groups is 1. The Morgan fingerprint density at radius 2 is 1.97 bits per heavy atom. The van der Waals surface area contributed by atoms with E-state index in [-0.39, 0.29) is 41.4 Å². The highest BCUT2D eigenvalue weighted by atomic mass is 16.5. The number of likely N-dealkylation sites (tertiary alicyclic amines) is 1. The number of hydrogen-bond acceptors (Lipinski definition) is 5. The molecule has 2 saturated heterocycles. The molecule has 3 aliphatic rings. The quantitative estimate of drug-likeness (QED) is 0.575. The summed E-state index contributed by atoms with van der Waals surface area (Å²) < 4.78 is 11.6. The summed E-state index contributed by atoms with van der Waals surface area (Å²) in [5, 5.41) is 9.43. The molecule has 2 heterocycles. The van der Waals surface area contributed by atoms with Crippen molar-refractivity contribution in [1.29, 1.82) is 0 Å². The molecule has 4 rings (SSSR count). The number of benzene rings is 1. The molecule has 0 aromatic heterocycles. The SMILES string of the molecule is COCC1=C2[C@@H](CC/C(C)=C/c3ccc(O)cc3)OC[C@@H]2[C@@H]2C(=O)N(C)C(=O)[C@@H]2C1. The molecular formula is C24H29NO5. The molecule has 1 aliphatic carbocycles. The summed E-state index contributed by atoms with van der Waals surface area (Å²) in [4.78, 5) is 26.6. The first-order chi connectivity index (χ1) is 14.4. The highest BCUT2D eigenvalue weighted by Gasteiger charge is 2.55. The number of imide groups is 1. The average molecular weight is 411 g/mol. The Bertz CT molecular complexity index is 901. The van der Waals surface area contributed by atoms with Crippen molar-refractivity contribution in [2.45, 2.75) is 32.3 Å². The van der Waals surface area contributed by atoms with Crippen LogP contribution in [0.15, 0.2) is 41.0 Å². The van der Waals surface area contributed by atoms with Crippen LogP contribution in [0.2, 0.25) is 0 Å². The highest BCUT2D eigenvalue weighted by Crippen LogP contribution is 2.49. The van der Waals surface area contributed by atoms with Gasteiger partial charge in [0.2, 0.25) is 11.8 Å². The summed E-state index contributed by atoms with van der Waals surface area (Å²) in [7, 11) is 3.25. The number of ether oxygens (including phenoxy) is 2. The van der Waals surface area contributed by atoms with Crippen LogP contribution in [0.1, 0.15) is 31.7 Å². The van der Waals surface area contributed by atoms with E-state index in [0.29, 0.717) is 19.6 Å². The summed E-state index contributed by atoms with van der Waals surface area (Å²) in [6.45, 7) is 3.05. The van der Waals surface area contributed by atoms with Crippen LogP contribution in [0.25, 0.3) is 6.08 Å². The van der Waals surface area contributed by atoms with Crippen molar-refractivity contribution in [1.82, 2.24) is 4.90 Å². The Labute approximate surface area is 177 Å². The normalized spacial score (nSPS) is 28.9. The minimum absolute atomic E-state index is 0.0262. The third kappa shape index (κ3) is 3.70. The summed E-state index contributed by atoms with van der Waals surface area (Å²) in [5.74, 6) is -0.488. The van der Waals surface area contributed by atoms with Gasteiger partial charge in [0, 0.05) is 20.1 Å². The number of carbonyl (C=O) groups is 2. The number of allylic oxidation sites excluding steroid dienone is 1. The first-order valence-corrected chi connectivity index (χ1v) is 10.5. The zero-order valence-corrected chi connectivity index (χ0v) is 17.8. The molecule has 6 nitrogen and oxygen atoms in total. The van der Waals surface area contributed by atoms with Gasteiger partial charge in [-0.05, 0) is 55.0 Å². The molecule has 0 radical (unpaired) electrons. The first kappa shape index (κ1) is 20.8. The zero-order valence-electron chi connectivity index (χ0n) is 17.8. The lowest BCUT2D eigenvalue weighted by Crippen LogP contribution is -2.34. The van der Waals surface area contributed by atoms with Crippen LogP contribution in [0.5, 0.6) is 5.75 Å². The van der Waals surface area contributed by atoms with Crippen molar-refractivity contribution in [3.8, 4) is 5.75 Å². The third-order valence-corrected chi connectivity index (χ3v) is 6.65. The predicted octanol–water partition coefficient (Wildman–Crippen LogP) is 3.17. The van der Waals surface area contributed by atoms with Gasteiger partial charge in [-0.1, -0.05) is 23.8 Å². The van der Waals surface area contributed by atoms with E-state index >= 15 is 0 Å². The maximum absolute atomic E-state index is 12.7. The van der Waals surface area contributed by atoms with Crippen molar-refractivity contribution < 1.29 is 24.2 Å². The highest BCUT2D eigenvalue weighted by molar-refractivity contribution is 6.05. The summed E-state index contributed by atoms with van der Waals surface area (Å²) in [6, 6.07) is 7.14. The van der Waals surface area contributed by atoms with Gasteiger partial charge in [0.15, 0.2) is 0 Å². The molecule has 1 aromatic rings. The minimum Gasteiger partial charge on any atom is -0.508 e. The van der Waals surface area contributed by atoms with Crippen LogP contribution in [0.4, 0.5) is 0 Å². The molecule has 30 heavy (non-hydrogen) atoms. The number of hydrogen-bond donors (Lipinski definition) is 1. The van der Waals surface area contributed by atoms with Gasteiger partial charge in [0.25, 0.3) is 0 Å². The molecule has 2 fully saturated rings. The van der Waals surface area contributed by atoms with Crippen LogP contribution in [0, 0.1) is 17.8 Å². The average Bonchev–Trinajstić information content (AvgIpc) is 3.24. The second-order valence-corrected chi connectivity index (χ2v) is 8.61. The number of carbonyl (C=O) groups excluding carboxylic acids is 2. The fourth-order valence-electron chi connectivity index (χ4n) is 5.22. The molecule has 0 saturated carbocycles. The Morgan fingerprint density at radius 3 is 2.67 bits per heavy atom. The fraction of sp³-hybridized carbons (Fsp3) is 0.500. The molecule has 0 unspecified atom stereocenters. The van der Waals surface area contributed by atoms with E-state index in [4.69, 9.17) is 9.47 Å². The van der Waals surface area contributed by atoms with Crippen LogP contribution in [-0.4, -0.2) is 55.3 Å². The fourth-order valence-corrected chi connectivity index (χ4v) is 5.22. The van der Waals surface area contributed by atoms with E-state index < -0.39 is 0 Å². The number of phenols is 1. The maximum Gasteiger partial charge on any atom is 0.233 e. The summed E-state index contributed by atoms with van der Waals surface area (Å²) in [6.07, 6.45) is 4.35. The molecular weight excluding hydrogens is 382 g/mol. The Kier molecular flexibility index (Phi) is 5.80. The van der Waals surface area contributed by atoms with Gasteiger partial charge in [0.05, 0.1) is 31.2 Å². The molecule has 0 spiro atoms. The molecule has 160 valence electrons. The Hall–Kier alpha value is -2.44. The van der Waals surface area contributed by atoms with E-state index in [1.807, 2.05) is 12.1 Å². The number of amides is 2. The third-order valence-electron chi connectivity index (χ3n) is 6.65. The Balaban J connectivity index is 1.52. The van der Waals surface area contributed by atoms with Gasteiger partial charge in [-0.3, -0.25) is 14.5 Å². The largest absolute Gasteiger partial charge is 0.508 e. The number of phenolic OH excluding ortho intramolecular Hbond substituents is 1. The van der Waals surface area contributed by atoms with Crippen LogP contribution in [0.3, 0.4) is 0 Å². The number of rotatable bonds is 6. The van der Waals surface area contributed by atoms with Gasteiger partial charge in [-0.25, -0.2) is 0 Å². The number of methoxy groups -OCH3 is 1. The van der Waals surface area contributed by atoms with Crippen LogP contribution < -0.4 is 0 Å². The summed E-state index contributed by atoms with van der Waals surface area (Å²) >= 11 is 0. The first-order valence-electron chi connectivity index (χ1n) is 10.5. The van der Waals surface area contributed by atoms with E-state index in [1.54, 1.807) is 26.3 Å². The predicted molar refractivity (Wildman–Crippen MR) is 112 cm³/mol. The van der Waals surface area contributed by atoms with E-state index in [0.717, 1.165) is 24.0 Å². The molecule has 2 aliphatic heterocycles. The van der Waals surface area contributed by atoms with Crippen molar-refractivity contribution >= 4 is 17.9 Å².